The maximum absolute atomic E-state index is 13.0. The van der Waals surface area contributed by atoms with Gasteiger partial charge in [-0.1, -0.05) is 18.0 Å². The molecule has 2 fully saturated rings. The minimum atomic E-state index is -0.469. The van der Waals surface area contributed by atoms with Gasteiger partial charge in [-0.05, 0) is 25.0 Å². The van der Waals surface area contributed by atoms with Gasteiger partial charge in [0.25, 0.3) is 5.56 Å². The van der Waals surface area contributed by atoms with Gasteiger partial charge < -0.3 is 18.9 Å². The second kappa shape index (κ2) is 9.54. The normalized spacial score (nSPS) is 16.6. The summed E-state index contributed by atoms with van der Waals surface area (Å²) in [4.78, 5) is 55.1. The number of pyridine rings is 1. The molecule has 1 saturated carbocycles. The lowest BCUT2D eigenvalue weighted by atomic mass is 10.1. The predicted octanol–water partition coefficient (Wildman–Crippen LogP) is 0.885. The van der Waals surface area contributed by atoms with Gasteiger partial charge in [-0.3, -0.25) is 18.7 Å². The van der Waals surface area contributed by atoms with Gasteiger partial charge in [0.2, 0.25) is 17.6 Å². The molecule has 5 heterocycles. The van der Waals surface area contributed by atoms with Crippen LogP contribution in [0.4, 0.5) is 5.82 Å². The quantitative estimate of drug-likeness (QED) is 0.376. The lowest BCUT2D eigenvalue weighted by Crippen LogP contribution is -2.50. The lowest BCUT2D eigenvalue weighted by Gasteiger charge is -2.35. The van der Waals surface area contributed by atoms with Crippen LogP contribution < -0.4 is 16.1 Å². The van der Waals surface area contributed by atoms with E-state index >= 15 is 0 Å². The third-order valence-electron chi connectivity index (χ3n) is 7.63. The van der Waals surface area contributed by atoms with Crippen LogP contribution >= 0.6 is 0 Å². The lowest BCUT2D eigenvalue weighted by molar-refractivity contribution is -0.132. The van der Waals surface area contributed by atoms with E-state index in [-0.39, 0.29) is 23.6 Å². The van der Waals surface area contributed by atoms with E-state index in [1.807, 2.05) is 12.1 Å². The number of hydrogen-bond acceptors (Lipinski definition) is 9. The SMILES string of the molecule is Cn1c(=O)c2c(ncn2CC(=O)N2CCN(c3ccc(-c4noc(C5CCCC5)n4)cn3)CC2)n(C)c1=O. The fourth-order valence-corrected chi connectivity index (χ4v) is 5.34. The number of nitrogens with zero attached hydrogens (tertiary/aromatic N) is 9. The van der Waals surface area contributed by atoms with Crippen molar-refractivity contribution in [2.24, 2.45) is 14.1 Å². The van der Waals surface area contributed by atoms with Crippen LogP contribution in [0.25, 0.3) is 22.6 Å². The first kappa shape index (κ1) is 24.1. The van der Waals surface area contributed by atoms with Crippen LogP contribution in [-0.2, 0) is 25.4 Å². The standard InChI is InChI=1S/C25H29N9O4/c1-30-22-20(24(36)31(2)25(30)37)34(15-27-22)14-19(35)33-11-9-32(10-12-33)18-8-7-17(13-26-18)21-28-23(38-29-21)16-5-3-4-6-16/h7-8,13,15-16H,3-6,9-12,14H2,1-2H3. The topological polar surface area (TPSA) is 137 Å². The summed E-state index contributed by atoms with van der Waals surface area (Å²) >= 11 is 0. The fraction of sp³-hybridized carbons (Fsp3) is 0.480. The molecule has 0 bridgehead atoms. The molecule has 0 radical (unpaired) electrons. The molecular formula is C25H29N9O4. The van der Waals surface area contributed by atoms with E-state index in [1.54, 1.807) is 18.1 Å². The Morgan fingerprint density at radius 1 is 1.03 bits per heavy atom. The van der Waals surface area contributed by atoms with E-state index in [0.717, 1.165) is 34.7 Å². The van der Waals surface area contributed by atoms with Crippen LogP contribution in [-0.4, -0.2) is 70.8 Å². The molecule has 1 aliphatic heterocycles. The number of carbonyl (C=O) groups is 1. The van der Waals surface area contributed by atoms with Crippen molar-refractivity contribution in [3.8, 4) is 11.4 Å². The summed E-state index contributed by atoms with van der Waals surface area (Å²) < 4.78 is 9.34. The first-order valence-electron chi connectivity index (χ1n) is 12.8. The highest BCUT2D eigenvalue weighted by Gasteiger charge is 2.25. The molecule has 0 spiro atoms. The molecule has 0 atom stereocenters. The van der Waals surface area contributed by atoms with Crippen molar-refractivity contribution in [2.45, 2.75) is 38.1 Å². The second-order valence-corrected chi connectivity index (χ2v) is 9.96. The molecule has 38 heavy (non-hydrogen) atoms. The minimum absolute atomic E-state index is 0.0234. The Morgan fingerprint density at radius 3 is 2.50 bits per heavy atom. The summed E-state index contributed by atoms with van der Waals surface area (Å²) in [5.74, 6) is 2.36. The summed E-state index contributed by atoms with van der Waals surface area (Å²) in [5, 5.41) is 4.14. The van der Waals surface area contributed by atoms with Crippen molar-refractivity contribution in [1.82, 2.24) is 38.7 Å². The molecule has 2 aliphatic rings. The van der Waals surface area contributed by atoms with Crippen molar-refractivity contribution in [2.75, 3.05) is 31.1 Å². The van der Waals surface area contributed by atoms with Gasteiger partial charge >= 0.3 is 5.69 Å². The molecule has 13 heteroatoms. The monoisotopic (exact) mass is 519 g/mol. The van der Waals surface area contributed by atoms with Gasteiger partial charge in [-0.25, -0.2) is 14.8 Å². The zero-order valence-electron chi connectivity index (χ0n) is 21.4. The summed E-state index contributed by atoms with van der Waals surface area (Å²) in [7, 11) is 2.97. The second-order valence-electron chi connectivity index (χ2n) is 9.96. The van der Waals surface area contributed by atoms with Gasteiger partial charge in [-0.2, -0.15) is 4.98 Å². The van der Waals surface area contributed by atoms with Gasteiger partial charge in [0.1, 0.15) is 12.4 Å². The maximum atomic E-state index is 13.0. The van der Waals surface area contributed by atoms with Crippen molar-refractivity contribution < 1.29 is 9.32 Å². The molecule has 1 saturated heterocycles. The number of piperazine rings is 1. The Hall–Kier alpha value is -4.29. The van der Waals surface area contributed by atoms with Crippen LogP contribution in [0.1, 0.15) is 37.5 Å². The Balaban J connectivity index is 1.09. The minimum Gasteiger partial charge on any atom is -0.353 e. The Morgan fingerprint density at radius 2 is 1.79 bits per heavy atom. The molecule has 1 aliphatic carbocycles. The van der Waals surface area contributed by atoms with Crippen LogP contribution in [0.15, 0.2) is 38.8 Å². The van der Waals surface area contributed by atoms with Gasteiger partial charge in [-0.15, -0.1) is 0 Å². The molecule has 4 aromatic heterocycles. The molecular weight excluding hydrogens is 490 g/mol. The molecule has 1 amide bonds. The Kier molecular flexibility index (Phi) is 6.04. The maximum Gasteiger partial charge on any atom is 0.332 e. The van der Waals surface area contributed by atoms with Gasteiger partial charge in [0.05, 0.1) is 6.33 Å². The highest BCUT2D eigenvalue weighted by Crippen LogP contribution is 2.34. The highest BCUT2D eigenvalue weighted by molar-refractivity contribution is 5.79. The van der Waals surface area contributed by atoms with E-state index < -0.39 is 11.2 Å². The molecule has 4 aromatic rings. The predicted molar refractivity (Wildman–Crippen MR) is 138 cm³/mol. The van der Waals surface area contributed by atoms with Crippen LogP contribution in [0.5, 0.6) is 0 Å². The highest BCUT2D eigenvalue weighted by atomic mass is 16.5. The smallest absolute Gasteiger partial charge is 0.332 e. The third kappa shape index (κ3) is 4.17. The number of aryl methyl sites for hydroxylation is 1. The third-order valence-corrected chi connectivity index (χ3v) is 7.63. The van der Waals surface area contributed by atoms with E-state index in [1.165, 1.54) is 35.4 Å². The van der Waals surface area contributed by atoms with Crippen molar-refractivity contribution in [3.05, 3.63) is 51.4 Å². The summed E-state index contributed by atoms with van der Waals surface area (Å²) in [5.41, 5.74) is 0.390. The first-order chi connectivity index (χ1) is 18.4. The molecule has 13 nitrogen and oxygen atoms in total. The number of anilines is 1. The van der Waals surface area contributed by atoms with Gasteiger partial charge in [0.15, 0.2) is 11.2 Å². The summed E-state index contributed by atoms with van der Waals surface area (Å²) in [6, 6.07) is 3.89. The molecule has 6 rings (SSSR count). The van der Waals surface area contributed by atoms with Crippen molar-refractivity contribution in [1.29, 1.82) is 0 Å². The molecule has 0 N–H and O–H groups in total. The summed E-state index contributed by atoms with van der Waals surface area (Å²) in [6.45, 7) is 2.30. The van der Waals surface area contributed by atoms with E-state index in [0.29, 0.717) is 37.9 Å². The van der Waals surface area contributed by atoms with E-state index in [4.69, 9.17) is 4.52 Å². The fourth-order valence-electron chi connectivity index (χ4n) is 5.34. The Labute approximate surface area is 217 Å². The van der Waals surface area contributed by atoms with Crippen LogP contribution in [0, 0.1) is 0 Å². The zero-order valence-corrected chi connectivity index (χ0v) is 21.4. The number of aromatic nitrogens is 7. The molecule has 0 aromatic carbocycles. The number of fused-ring (bicyclic) bond motifs is 1. The molecule has 0 unspecified atom stereocenters. The largest absolute Gasteiger partial charge is 0.353 e. The number of rotatable bonds is 5. The number of carbonyl (C=O) groups excluding carboxylic acids is 1. The number of imidazole rings is 1. The van der Waals surface area contributed by atoms with Gasteiger partial charge in [0, 0.05) is 58.0 Å². The van der Waals surface area contributed by atoms with Crippen molar-refractivity contribution >= 4 is 22.9 Å². The molecule has 198 valence electrons. The zero-order chi connectivity index (χ0) is 26.4. The van der Waals surface area contributed by atoms with Crippen LogP contribution in [0.2, 0.25) is 0 Å². The average Bonchev–Trinajstić information content (AvgIpc) is 3.72. The first-order valence-corrected chi connectivity index (χ1v) is 12.8. The van der Waals surface area contributed by atoms with E-state index in [9.17, 15) is 14.4 Å². The Bertz CT molecular complexity index is 1600. The summed E-state index contributed by atoms with van der Waals surface area (Å²) in [6.07, 6.45) is 7.82. The average molecular weight is 520 g/mol. The van der Waals surface area contributed by atoms with Crippen molar-refractivity contribution in [3.63, 3.8) is 0 Å². The number of amides is 1. The van der Waals surface area contributed by atoms with Crippen LogP contribution in [0.3, 0.4) is 0 Å². The number of hydrogen-bond donors (Lipinski definition) is 0. The van der Waals surface area contributed by atoms with E-state index in [2.05, 4.69) is 25.0 Å².